The number of cyclic esters (lactones) is 1. The van der Waals surface area contributed by atoms with Crippen LogP contribution in [0, 0.1) is 6.92 Å². The lowest BCUT2D eigenvalue weighted by Crippen LogP contribution is -2.34. The summed E-state index contributed by atoms with van der Waals surface area (Å²) in [5, 5.41) is 0. The number of anilines is 1. The Bertz CT molecular complexity index is 819. The molecule has 126 valence electrons. The fourth-order valence-corrected chi connectivity index (χ4v) is 3.52. The van der Waals surface area contributed by atoms with Gasteiger partial charge in [-0.05, 0) is 31.2 Å². The molecule has 1 unspecified atom stereocenters. The van der Waals surface area contributed by atoms with Crippen LogP contribution in [-0.4, -0.2) is 33.7 Å². The lowest BCUT2D eigenvalue weighted by atomic mass is 10.2. The monoisotopic (exact) mass is 346 g/mol. The summed E-state index contributed by atoms with van der Waals surface area (Å²) in [6.07, 6.45) is -1.00. The van der Waals surface area contributed by atoms with Crippen LogP contribution < -0.4 is 9.62 Å². The topological polar surface area (TPSA) is 75.7 Å². The van der Waals surface area contributed by atoms with Gasteiger partial charge in [0.05, 0.1) is 11.4 Å². The van der Waals surface area contributed by atoms with Crippen molar-refractivity contribution >= 4 is 21.8 Å². The largest absolute Gasteiger partial charge is 0.443 e. The van der Waals surface area contributed by atoms with Crippen molar-refractivity contribution in [1.29, 1.82) is 0 Å². The van der Waals surface area contributed by atoms with Crippen molar-refractivity contribution in [2.45, 2.75) is 17.9 Å². The molecule has 1 atom stereocenters. The number of aryl methyl sites for hydroxylation is 1. The van der Waals surface area contributed by atoms with Gasteiger partial charge in [0.1, 0.15) is 6.10 Å². The van der Waals surface area contributed by atoms with Gasteiger partial charge >= 0.3 is 6.09 Å². The summed E-state index contributed by atoms with van der Waals surface area (Å²) >= 11 is 0. The molecule has 1 aliphatic rings. The Labute approximate surface area is 141 Å². The van der Waals surface area contributed by atoms with Crippen molar-refractivity contribution in [2.24, 2.45) is 0 Å². The average Bonchev–Trinajstić information content (AvgIpc) is 2.95. The van der Waals surface area contributed by atoms with E-state index in [-0.39, 0.29) is 11.4 Å². The van der Waals surface area contributed by atoms with Gasteiger partial charge in [0.25, 0.3) is 0 Å². The first-order valence-corrected chi connectivity index (χ1v) is 9.03. The maximum absolute atomic E-state index is 12.3. The first kappa shape index (κ1) is 16.5. The molecule has 1 heterocycles. The molecule has 2 aromatic rings. The molecule has 1 saturated heterocycles. The normalized spacial score (nSPS) is 17.8. The quantitative estimate of drug-likeness (QED) is 0.901. The van der Waals surface area contributed by atoms with Crippen LogP contribution in [0.4, 0.5) is 10.5 Å². The molecular formula is C17H18N2O4S. The Hall–Kier alpha value is -2.38. The van der Waals surface area contributed by atoms with Crippen molar-refractivity contribution in [3.63, 3.8) is 0 Å². The van der Waals surface area contributed by atoms with E-state index in [0.717, 1.165) is 11.3 Å². The van der Waals surface area contributed by atoms with Gasteiger partial charge in [-0.1, -0.05) is 35.9 Å². The third kappa shape index (κ3) is 3.58. The molecular weight excluding hydrogens is 328 g/mol. The lowest BCUT2D eigenvalue weighted by Gasteiger charge is -2.13. The summed E-state index contributed by atoms with van der Waals surface area (Å²) in [7, 11) is -3.62. The number of sulfonamides is 1. The highest BCUT2D eigenvalue weighted by molar-refractivity contribution is 7.89. The first-order chi connectivity index (χ1) is 11.5. The zero-order chi connectivity index (χ0) is 17.2. The van der Waals surface area contributed by atoms with Crippen LogP contribution >= 0.6 is 0 Å². The molecule has 1 amide bonds. The minimum Gasteiger partial charge on any atom is -0.443 e. The van der Waals surface area contributed by atoms with Crippen molar-refractivity contribution in [1.82, 2.24) is 4.72 Å². The summed E-state index contributed by atoms with van der Waals surface area (Å²) in [5.74, 6) is 0. The van der Waals surface area contributed by atoms with Gasteiger partial charge in [0.2, 0.25) is 10.0 Å². The SMILES string of the molecule is Cc1ccc(S(=O)(=O)NCC2CN(c3ccccc3)C(=O)O2)cc1. The van der Waals surface area contributed by atoms with Crippen molar-refractivity contribution in [3.8, 4) is 0 Å². The number of para-hydroxylation sites is 1. The molecule has 0 aromatic heterocycles. The Kier molecular flexibility index (Phi) is 4.55. The minimum atomic E-state index is -3.62. The van der Waals surface area contributed by atoms with E-state index in [1.807, 2.05) is 25.1 Å². The maximum Gasteiger partial charge on any atom is 0.414 e. The number of rotatable bonds is 5. The van der Waals surface area contributed by atoms with E-state index in [4.69, 9.17) is 4.74 Å². The van der Waals surface area contributed by atoms with E-state index < -0.39 is 22.2 Å². The summed E-state index contributed by atoms with van der Waals surface area (Å²) < 4.78 is 32.3. The highest BCUT2D eigenvalue weighted by Crippen LogP contribution is 2.21. The van der Waals surface area contributed by atoms with Gasteiger partial charge in [-0.15, -0.1) is 0 Å². The van der Waals surface area contributed by atoms with Crippen molar-refractivity contribution < 1.29 is 17.9 Å². The van der Waals surface area contributed by atoms with Gasteiger partial charge in [-0.25, -0.2) is 17.9 Å². The van der Waals surface area contributed by atoms with Crippen LogP contribution in [0.15, 0.2) is 59.5 Å². The zero-order valence-electron chi connectivity index (χ0n) is 13.2. The summed E-state index contributed by atoms with van der Waals surface area (Å²) in [5.41, 5.74) is 1.71. The molecule has 6 nitrogen and oxygen atoms in total. The fourth-order valence-electron chi connectivity index (χ4n) is 2.45. The molecule has 0 spiro atoms. The second-order valence-electron chi connectivity index (χ2n) is 5.62. The third-order valence-electron chi connectivity index (χ3n) is 3.77. The van der Waals surface area contributed by atoms with Crippen molar-refractivity contribution in [3.05, 3.63) is 60.2 Å². The third-order valence-corrected chi connectivity index (χ3v) is 5.21. The molecule has 1 fully saturated rings. The molecule has 1 aliphatic heterocycles. The summed E-state index contributed by atoms with van der Waals surface area (Å²) in [4.78, 5) is 13.6. The van der Waals surface area contributed by atoms with Crippen LogP contribution in [0.3, 0.4) is 0 Å². The molecule has 7 heteroatoms. The molecule has 0 aliphatic carbocycles. The molecule has 0 radical (unpaired) electrons. The number of ether oxygens (including phenoxy) is 1. The van der Waals surface area contributed by atoms with E-state index in [1.165, 1.54) is 4.90 Å². The van der Waals surface area contributed by atoms with Crippen LogP contribution in [-0.2, 0) is 14.8 Å². The number of carbonyl (C=O) groups is 1. The van der Waals surface area contributed by atoms with E-state index in [0.29, 0.717) is 6.54 Å². The number of nitrogens with one attached hydrogen (secondary N) is 1. The molecule has 24 heavy (non-hydrogen) atoms. The zero-order valence-corrected chi connectivity index (χ0v) is 14.0. The van der Waals surface area contributed by atoms with Gasteiger partial charge in [-0.3, -0.25) is 4.90 Å². The number of nitrogens with zero attached hydrogens (tertiary/aromatic N) is 1. The maximum atomic E-state index is 12.3. The summed E-state index contributed by atoms with van der Waals surface area (Å²) in [6, 6.07) is 15.7. The molecule has 2 aromatic carbocycles. The van der Waals surface area contributed by atoms with Crippen LogP contribution in [0.2, 0.25) is 0 Å². The van der Waals surface area contributed by atoms with E-state index >= 15 is 0 Å². The van der Waals surface area contributed by atoms with Crippen LogP contribution in [0.1, 0.15) is 5.56 Å². The van der Waals surface area contributed by atoms with Gasteiger partial charge < -0.3 is 4.74 Å². The second-order valence-corrected chi connectivity index (χ2v) is 7.38. The highest BCUT2D eigenvalue weighted by atomic mass is 32.2. The second kappa shape index (κ2) is 6.62. The van der Waals surface area contributed by atoms with E-state index in [1.54, 1.807) is 36.4 Å². The van der Waals surface area contributed by atoms with Crippen LogP contribution in [0.5, 0.6) is 0 Å². The van der Waals surface area contributed by atoms with Gasteiger partial charge in [-0.2, -0.15) is 0 Å². The standard InChI is InChI=1S/C17H18N2O4S/c1-13-7-9-16(10-8-13)24(21,22)18-11-15-12-19(17(20)23-15)14-5-3-2-4-6-14/h2-10,15,18H,11-12H2,1H3. The number of hydrogen-bond donors (Lipinski definition) is 1. The Morgan fingerprint density at radius 3 is 2.46 bits per heavy atom. The Morgan fingerprint density at radius 2 is 1.79 bits per heavy atom. The summed E-state index contributed by atoms with van der Waals surface area (Å²) in [6.45, 7) is 2.23. The molecule has 1 N–H and O–H groups in total. The minimum absolute atomic E-state index is 0.0330. The number of carbonyl (C=O) groups excluding carboxylic acids is 1. The van der Waals surface area contributed by atoms with Crippen LogP contribution in [0.25, 0.3) is 0 Å². The molecule has 0 saturated carbocycles. The highest BCUT2D eigenvalue weighted by Gasteiger charge is 2.33. The Balaban J connectivity index is 1.63. The molecule has 0 bridgehead atoms. The number of benzene rings is 2. The van der Waals surface area contributed by atoms with Crippen molar-refractivity contribution in [2.75, 3.05) is 18.0 Å². The predicted octanol–water partition coefficient (Wildman–Crippen LogP) is 2.30. The fraction of sp³-hybridized carbons (Fsp3) is 0.235. The lowest BCUT2D eigenvalue weighted by molar-refractivity contribution is 0.143. The smallest absolute Gasteiger partial charge is 0.414 e. The van der Waals surface area contributed by atoms with Gasteiger partial charge in [0.15, 0.2) is 0 Å². The Morgan fingerprint density at radius 1 is 1.12 bits per heavy atom. The van der Waals surface area contributed by atoms with Gasteiger partial charge in [0, 0.05) is 12.2 Å². The number of hydrogen-bond acceptors (Lipinski definition) is 4. The average molecular weight is 346 g/mol. The van der Waals surface area contributed by atoms with E-state index in [9.17, 15) is 13.2 Å². The molecule has 3 rings (SSSR count). The van der Waals surface area contributed by atoms with E-state index in [2.05, 4.69) is 4.72 Å². The predicted molar refractivity (Wildman–Crippen MR) is 90.4 cm³/mol. The number of amides is 1. The first-order valence-electron chi connectivity index (χ1n) is 7.55.